The minimum absolute atomic E-state index is 0.301. The first kappa shape index (κ1) is 19.0. The van der Waals surface area contributed by atoms with Gasteiger partial charge in [-0.25, -0.2) is 0 Å². The second kappa shape index (κ2) is 8.67. The second-order valence-electron chi connectivity index (χ2n) is 6.56. The van der Waals surface area contributed by atoms with Gasteiger partial charge in [0.25, 0.3) is 5.91 Å². The summed E-state index contributed by atoms with van der Waals surface area (Å²) in [6, 6.07) is 17.8. The summed E-state index contributed by atoms with van der Waals surface area (Å²) in [6.07, 6.45) is 0.301. The molecule has 0 aliphatic carbocycles. The molecule has 134 valence electrons. The van der Waals surface area contributed by atoms with E-state index in [0.29, 0.717) is 19.5 Å². The molecule has 0 radical (unpaired) electrons. The highest BCUT2D eigenvalue weighted by atomic mass is 16.3. The fourth-order valence-corrected chi connectivity index (χ4v) is 2.94. The minimum Gasteiger partial charge on any atom is -0.380 e. The highest BCUT2D eigenvalue weighted by Crippen LogP contribution is 2.18. The largest absolute Gasteiger partial charge is 0.380 e. The first-order chi connectivity index (χ1) is 11.9. The van der Waals surface area contributed by atoms with Gasteiger partial charge in [-0.15, -0.1) is 0 Å². The Morgan fingerprint density at radius 2 is 1.76 bits per heavy atom. The third-order valence-electron chi connectivity index (χ3n) is 4.39. The SMILES string of the molecule is CCN(CCNC(=O)[C@@](C)(O)Cc1ccccc1)c1ccccc1C. The summed E-state index contributed by atoms with van der Waals surface area (Å²) >= 11 is 0. The first-order valence-electron chi connectivity index (χ1n) is 8.79. The van der Waals surface area contributed by atoms with Gasteiger partial charge < -0.3 is 15.3 Å². The summed E-state index contributed by atoms with van der Waals surface area (Å²) in [7, 11) is 0. The molecule has 0 saturated heterocycles. The molecular formula is C21H28N2O2. The Bertz CT molecular complexity index is 683. The van der Waals surface area contributed by atoms with Crippen LogP contribution in [-0.4, -0.2) is 36.2 Å². The number of nitrogens with zero attached hydrogens (tertiary/aromatic N) is 1. The van der Waals surface area contributed by atoms with Crippen molar-refractivity contribution in [3.63, 3.8) is 0 Å². The van der Waals surface area contributed by atoms with E-state index in [1.165, 1.54) is 11.3 Å². The molecule has 4 nitrogen and oxygen atoms in total. The van der Waals surface area contributed by atoms with Crippen LogP contribution in [0.1, 0.15) is 25.0 Å². The number of aliphatic hydroxyl groups is 1. The lowest BCUT2D eigenvalue weighted by atomic mass is 9.95. The third-order valence-corrected chi connectivity index (χ3v) is 4.39. The van der Waals surface area contributed by atoms with E-state index in [1.807, 2.05) is 42.5 Å². The molecule has 0 aliphatic rings. The molecule has 2 aromatic rings. The van der Waals surface area contributed by atoms with Crippen molar-refractivity contribution in [2.24, 2.45) is 0 Å². The van der Waals surface area contributed by atoms with E-state index in [2.05, 4.69) is 36.2 Å². The maximum absolute atomic E-state index is 12.4. The van der Waals surface area contributed by atoms with Gasteiger partial charge in [-0.3, -0.25) is 4.79 Å². The molecule has 0 aromatic heterocycles. The molecule has 0 spiro atoms. The predicted molar refractivity (Wildman–Crippen MR) is 103 cm³/mol. The third kappa shape index (κ3) is 5.33. The van der Waals surface area contributed by atoms with E-state index in [1.54, 1.807) is 6.92 Å². The van der Waals surface area contributed by atoms with Gasteiger partial charge in [0.15, 0.2) is 0 Å². The van der Waals surface area contributed by atoms with Crippen molar-refractivity contribution < 1.29 is 9.90 Å². The first-order valence-corrected chi connectivity index (χ1v) is 8.79. The fraction of sp³-hybridized carbons (Fsp3) is 0.381. The number of nitrogens with one attached hydrogen (secondary N) is 1. The standard InChI is InChI=1S/C21H28N2O2/c1-4-23(19-13-9-8-10-17(19)2)15-14-22-20(24)21(3,25)16-18-11-6-5-7-12-18/h5-13,25H,4,14-16H2,1-3H3,(H,22,24)/t21-/m0/s1. The van der Waals surface area contributed by atoms with Crippen LogP contribution in [0.25, 0.3) is 0 Å². The van der Waals surface area contributed by atoms with Crippen molar-refractivity contribution in [2.75, 3.05) is 24.5 Å². The smallest absolute Gasteiger partial charge is 0.252 e. The number of carbonyl (C=O) groups excluding carboxylic acids is 1. The van der Waals surface area contributed by atoms with Crippen molar-refractivity contribution in [1.29, 1.82) is 0 Å². The van der Waals surface area contributed by atoms with Gasteiger partial charge in [0.1, 0.15) is 5.60 Å². The summed E-state index contributed by atoms with van der Waals surface area (Å²) in [4.78, 5) is 14.6. The average Bonchev–Trinajstić information content (AvgIpc) is 2.60. The van der Waals surface area contributed by atoms with Gasteiger partial charge in [0.05, 0.1) is 0 Å². The van der Waals surface area contributed by atoms with Crippen molar-refractivity contribution in [2.45, 2.75) is 32.8 Å². The van der Waals surface area contributed by atoms with Crippen molar-refractivity contribution in [3.8, 4) is 0 Å². The van der Waals surface area contributed by atoms with Crippen LogP contribution >= 0.6 is 0 Å². The number of carbonyl (C=O) groups is 1. The van der Waals surface area contributed by atoms with Gasteiger partial charge in [0.2, 0.25) is 0 Å². The van der Waals surface area contributed by atoms with Crippen LogP contribution in [0.5, 0.6) is 0 Å². The number of hydrogen-bond acceptors (Lipinski definition) is 3. The molecule has 0 unspecified atom stereocenters. The summed E-state index contributed by atoms with van der Waals surface area (Å²) in [6.45, 7) is 7.80. The summed E-state index contributed by atoms with van der Waals surface area (Å²) in [5.41, 5.74) is 1.92. The number of benzene rings is 2. The van der Waals surface area contributed by atoms with Gasteiger partial charge in [0, 0.05) is 31.7 Å². The van der Waals surface area contributed by atoms with Crippen molar-refractivity contribution in [3.05, 3.63) is 65.7 Å². The predicted octanol–water partition coefficient (Wildman–Crippen LogP) is 2.93. The van der Waals surface area contributed by atoms with Crippen LogP contribution in [0.3, 0.4) is 0 Å². The Kier molecular flexibility index (Phi) is 6.59. The van der Waals surface area contributed by atoms with E-state index in [-0.39, 0.29) is 5.91 Å². The Morgan fingerprint density at radius 1 is 1.12 bits per heavy atom. The number of rotatable bonds is 8. The van der Waals surface area contributed by atoms with Crippen molar-refractivity contribution >= 4 is 11.6 Å². The van der Waals surface area contributed by atoms with Gasteiger partial charge in [-0.05, 0) is 38.0 Å². The average molecular weight is 340 g/mol. The van der Waals surface area contributed by atoms with Gasteiger partial charge >= 0.3 is 0 Å². The highest BCUT2D eigenvalue weighted by Gasteiger charge is 2.30. The Morgan fingerprint density at radius 3 is 2.40 bits per heavy atom. The van der Waals surface area contributed by atoms with E-state index in [0.717, 1.165) is 12.1 Å². The summed E-state index contributed by atoms with van der Waals surface area (Å²) in [5.74, 6) is -0.336. The van der Waals surface area contributed by atoms with E-state index in [4.69, 9.17) is 0 Å². The molecule has 2 aromatic carbocycles. The Hall–Kier alpha value is -2.33. The van der Waals surface area contributed by atoms with Gasteiger partial charge in [-0.1, -0.05) is 48.5 Å². The van der Waals surface area contributed by atoms with Gasteiger partial charge in [-0.2, -0.15) is 0 Å². The second-order valence-corrected chi connectivity index (χ2v) is 6.56. The molecule has 2 N–H and O–H groups in total. The lowest BCUT2D eigenvalue weighted by molar-refractivity contribution is -0.137. The van der Waals surface area contributed by atoms with E-state index in [9.17, 15) is 9.90 Å². The fourth-order valence-electron chi connectivity index (χ4n) is 2.94. The molecule has 25 heavy (non-hydrogen) atoms. The van der Waals surface area contributed by atoms with Crippen LogP contribution in [-0.2, 0) is 11.2 Å². The lowest BCUT2D eigenvalue weighted by Crippen LogP contribution is -2.48. The normalized spacial score (nSPS) is 13.1. The van der Waals surface area contributed by atoms with Crippen LogP contribution in [0.2, 0.25) is 0 Å². The highest BCUT2D eigenvalue weighted by molar-refractivity contribution is 5.84. The van der Waals surface area contributed by atoms with E-state index >= 15 is 0 Å². The summed E-state index contributed by atoms with van der Waals surface area (Å²) < 4.78 is 0. The zero-order valence-corrected chi connectivity index (χ0v) is 15.3. The molecule has 0 saturated carbocycles. The van der Waals surface area contributed by atoms with Crippen LogP contribution in [0.4, 0.5) is 5.69 Å². The summed E-state index contributed by atoms with van der Waals surface area (Å²) in [5, 5.41) is 13.4. The molecule has 1 atom stereocenters. The number of para-hydroxylation sites is 1. The topological polar surface area (TPSA) is 52.6 Å². The maximum atomic E-state index is 12.4. The number of hydrogen-bond donors (Lipinski definition) is 2. The Labute approximate surface area is 150 Å². The molecule has 0 bridgehead atoms. The van der Waals surface area contributed by atoms with Crippen LogP contribution in [0.15, 0.2) is 54.6 Å². The lowest BCUT2D eigenvalue weighted by Gasteiger charge is -2.27. The zero-order valence-electron chi connectivity index (χ0n) is 15.3. The zero-order chi connectivity index (χ0) is 18.3. The number of likely N-dealkylation sites (N-methyl/N-ethyl adjacent to an activating group) is 1. The van der Waals surface area contributed by atoms with Crippen LogP contribution in [0, 0.1) is 6.92 Å². The van der Waals surface area contributed by atoms with E-state index < -0.39 is 5.60 Å². The number of amides is 1. The molecule has 4 heteroatoms. The number of aryl methyl sites for hydroxylation is 1. The molecule has 1 amide bonds. The number of anilines is 1. The monoisotopic (exact) mass is 340 g/mol. The van der Waals surface area contributed by atoms with Crippen LogP contribution < -0.4 is 10.2 Å². The Balaban J connectivity index is 1.89. The molecule has 0 heterocycles. The molecule has 2 rings (SSSR count). The minimum atomic E-state index is -1.42. The quantitative estimate of drug-likeness (QED) is 0.777. The molecule has 0 fully saturated rings. The maximum Gasteiger partial charge on any atom is 0.252 e. The van der Waals surface area contributed by atoms with Crippen molar-refractivity contribution in [1.82, 2.24) is 5.32 Å². The molecule has 0 aliphatic heterocycles. The molecular weight excluding hydrogens is 312 g/mol.